The van der Waals surface area contributed by atoms with Crippen LogP contribution in [0.4, 0.5) is 5.82 Å². The van der Waals surface area contributed by atoms with E-state index in [1.807, 2.05) is 24.3 Å². The zero-order valence-electron chi connectivity index (χ0n) is 11.2. The molecule has 0 atom stereocenters. The van der Waals surface area contributed by atoms with Crippen LogP contribution < -0.4 is 16.0 Å². The Labute approximate surface area is 131 Å². The van der Waals surface area contributed by atoms with Crippen molar-refractivity contribution in [3.8, 4) is 16.6 Å². The van der Waals surface area contributed by atoms with Gasteiger partial charge in [0.1, 0.15) is 11.1 Å². The summed E-state index contributed by atoms with van der Waals surface area (Å²) in [7, 11) is 0. The van der Waals surface area contributed by atoms with Crippen LogP contribution >= 0.6 is 22.9 Å². The Balaban J connectivity index is 1.92. The molecule has 5 nitrogen and oxygen atoms in total. The number of hydrazine groups is 2. The standard InChI is InChI=1S/C14H12ClN5S/c1-2-12-13(20-17-8-11(7-16)19-20)18-14(21-12)9-3-5-10(15)6-4-9/h3-6,8,17,19H,2H2,1H3. The number of aromatic nitrogens is 1. The summed E-state index contributed by atoms with van der Waals surface area (Å²) in [5.74, 6) is 0.786. The average molecular weight is 318 g/mol. The van der Waals surface area contributed by atoms with Crippen LogP contribution in [0.2, 0.25) is 5.02 Å². The number of halogens is 1. The number of nitrogens with zero attached hydrogens (tertiary/aromatic N) is 3. The zero-order valence-corrected chi connectivity index (χ0v) is 12.8. The van der Waals surface area contributed by atoms with Crippen LogP contribution in [-0.2, 0) is 6.42 Å². The summed E-state index contributed by atoms with van der Waals surface area (Å²) in [4.78, 5) is 5.80. The van der Waals surface area contributed by atoms with Gasteiger partial charge in [-0.3, -0.25) is 10.9 Å². The van der Waals surface area contributed by atoms with E-state index in [4.69, 9.17) is 16.9 Å². The predicted molar refractivity (Wildman–Crippen MR) is 84.4 cm³/mol. The first kappa shape index (κ1) is 13.7. The molecule has 0 saturated heterocycles. The van der Waals surface area contributed by atoms with Gasteiger partial charge >= 0.3 is 0 Å². The van der Waals surface area contributed by atoms with Gasteiger partial charge in [0.05, 0.1) is 11.1 Å². The summed E-state index contributed by atoms with van der Waals surface area (Å²) in [6, 6.07) is 9.66. The second kappa shape index (κ2) is 5.64. The lowest BCUT2D eigenvalue weighted by atomic mass is 10.2. The number of hydrogen-bond donors (Lipinski definition) is 2. The van der Waals surface area contributed by atoms with Crippen molar-refractivity contribution in [2.45, 2.75) is 13.3 Å². The highest BCUT2D eigenvalue weighted by atomic mass is 35.5. The van der Waals surface area contributed by atoms with Gasteiger partial charge < -0.3 is 0 Å². The van der Waals surface area contributed by atoms with Crippen LogP contribution in [-0.4, -0.2) is 4.98 Å². The van der Waals surface area contributed by atoms with E-state index in [0.717, 1.165) is 27.7 Å². The fourth-order valence-corrected chi connectivity index (χ4v) is 3.07. The molecule has 0 radical (unpaired) electrons. The third-order valence-electron chi connectivity index (χ3n) is 2.99. The largest absolute Gasteiger partial charge is 0.283 e. The Morgan fingerprint density at radius 2 is 2.14 bits per heavy atom. The maximum atomic E-state index is 8.89. The molecule has 0 saturated carbocycles. The SMILES string of the molecule is CCc1sc(-c2ccc(Cl)cc2)nc1N1NC=C(C#N)N1. The lowest BCUT2D eigenvalue weighted by Crippen LogP contribution is -2.39. The molecular weight excluding hydrogens is 306 g/mol. The Hall–Kier alpha value is -2.23. The van der Waals surface area contributed by atoms with Crippen molar-refractivity contribution in [3.05, 3.63) is 46.1 Å². The van der Waals surface area contributed by atoms with E-state index < -0.39 is 0 Å². The molecule has 2 N–H and O–H groups in total. The van der Waals surface area contributed by atoms with E-state index in [1.54, 1.807) is 22.7 Å². The molecular formula is C14H12ClN5S. The molecule has 1 aliphatic rings. The van der Waals surface area contributed by atoms with Gasteiger partial charge in [-0.05, 0) is 18.6 Å². The number of hydrogen-bond acceptors (Lipinski definition) is 6. The first-order valence-electron chi connectivity index (χ1n) is 6.40. The molecule has 106 valence electrons. The second-order valence-corrected chi connectivity index (χ2v) is 5.89. The van der Waals surface area contributed by atoms with Crippen LogP contribution in [0.3, 0.4) is 0 Å². The molecule has 21 heavy (non-hydrogen) atoms. The zero-order chi connectivity index (χ0) is 14.8. The molecule has 0 bridgehead atoms. The highest BCUT2D eigenvalue weighted by Crippen LogP contribution is 2.33. The van der Waals surface area contributed by atoms with Crippen LogP contribution in [0, 0.1) is 11.3 Å². The van der Waals surface area contributed by atoms with Gasteiger partial charge in [-0.25, -0.2) is 4.98 Å². The predicted octanol–water partition coefficient (Wildman–Crippen LogP) is 3.22. The number of allylic oxidation sites excluding steroid dienone is 1. The Morgan fingerprint density at radius 1 is 1.38 bits per heavy atom. The van der Waals surface area contributed by atoms with Crippen molar-refractivity contribution >= 4 is 28.8 Å². The van der Waals surface area contributed by atoms with Gasteiger partial charge in [0.25, 0.3) is 0 Å². The van der Waals surface area contributed by atoms with Crippen molar-refractivity contribution in [3.63, 3.8) is 0 Å². The van der Waals surface area contributed by atoms with Gasteiger partial charge in [0, 0.05) is 10.6 Å². The van der Waals surface area contributed by atoms with Gasteiger partial charge in [-0.1, -0.05) is 30.7 Å². The monoisotopic (exact) mass is 317 g/mol. The van der Waals surface area contributed by atoms with Crippen LogP contribution in [0.15, 0.2) is 36.2 Å². The van der Waals surface area contributed by atoms with E-state index in [9.17, 15) is 0 Å². The number of nitrogens with one attached hydrogen (secondary N) is 2. The van der Waals surface area contributed by atoms with E-state index in [0.29, 0.717) is 10.7 Å². The van der Waals surface area contributed by atoms with Crippen molar-refractivity contribution in [2.24, 2.45) is 0 Å². The summed E-state index contributed by atoms with van der Waals surface area (Å²) >= 11 is 7.55. The molecule has 0 unspecified atom stereocenters. The lowest BCUT2D eigenvalue weighted by molar-refractivity contribution is 0.705. The van der Waals surface area contributed by atoms with Gasteiger partial charge in [0.2, 0.25) is 0 Å². The lowest BCUT2D eigenvalue weighted by Gasteiger charge is -2.17. The topological polar surface area (TPSA) is 64.0 Å². The Bertz CT molecular complexity index is 729. The number of nitriles is 1. The van der Waals surface area contributed by atoms with Crippen molar-refractivity contribution in [1.29, 1.82) is 5.26 Å². The highest BCUT2D eigenvalue weighted by molar-refractivity contribution is 7.15. The fourth-order valence-electron chi connectivity index (χ4n) is 1.95. The van der Waals surface area contributed by atoms with E-state index in [-0.39, 0.29) is 0 Å². The molecule has 1 aromatic heterocycles. The summed E-state index contributed by atoms with van der Waals surface area (Å²) in [5.41, 5.74) is 7.42. The molecule has 1 aliphatic heterocycles. The summed E-state index contributed by atoms with van der Waals surface area (Å²) in [6.45, 7) is 2.08. The Morgan fingerprint density at radius 3 is 2.76 bits per heavy atom. The third kappa shape index (κ3) is 2.66. The van der Waals surface area contributed by atoms with Gasteiger partial charge in [-0.2, -0.15) is 10.4 Å². The molecule has 0 fully saturated rings. The van der Waals surface area contributed by atoms with Crippen LogP contribution in [0.1, 0.15) is 11.8 Å². The summed E-state index contributed by atoms with van der Waals surface area (Å²) in [6.07, 6.45) is 2.48. The number of benzene rings is 1. The van der Waals surface area contributed by atoms with E-state index >= 15 is 0 Å². The van der Waals surface area contributed by atoms with Crippen LogP contribution in [0.25, 0.3) is 10.6 Å². The minimum Gasteiger partial charge on any atom is -0.283 e. The number of rotatable bonds is 3. The van der Waals surface area contributed by atoms with Gasteiger partial charge in [0.15, 0.2) is 11.5 Å². The molecule has 2 heterocycles. The van der Waals surface area contributed by atoms with Crippen molar-refractivity contribution in [2.75, 3.05) is 5.12 Å². The summed E-state index contributed by atoms with van der Waals surface area (Å²) in [5, 5.41) is 12.2. The Kier molecular flexibility index (Phi) is 3.69. The molecule has 0 amide bonds. The quantitative estimate of drug-likeness (QED) is 0.910. The summed E-state index contributed by atoms with van der Waals surface area (Å²) < 4.78 is 0. The maximum absolute atomic E-state index is 8.89. The minimum absolute atomic E-state index is 0.457. The maximum Gasteiger partial charge on any atom is 0.184 e. The highest BCUT2D eigenvalue weighted by Gasteiger charge is 2.21. The third-order valence-corrected chi connectivity index (χ3v) is 4.48. The van der Waals surface area contributed by atoms with Crippen LogP contribution in [0.5, 0.6) is 0 Å². The second-order valence-electron chi connectivity index (χ2n) is 4.37. The van der Waals surface area contributed by atoms with E-state index in [2.05, 4.69) is 28.8 Å². The first-order valence-corrected chi connectivity index (χ1v) is 7.59. The van der Waals surface area contributed by atoms with Crippen molar-refractivity contribution in [1.82, 2.24) is 15.8 Å². The van der Waals surface area contributed by atoms with Crippen molar-refractivity contribution < 1.29 is 0 Å². The molecule has 0 aliphatic carbocycles. The smallest absolute Gasteiger partial charge is 0.184 e. The fraction of sp³-hybridized carbons (Fsp3) is 0.143. The number of anilines is 1. The number of thiazole rings is 1. The normalized spacial score (nSPS) is 13.4. The molecule has 7 heteroatoms. The molecule has 2 aromatic rings. The number of aryl methyl sites for hydroxylation is 1. The van der Waals surface area contributed by atoms with Gasteiger partial charge in [-0.15, -0.1) is 11.3 Å². The average Bonchev–Trinajstić information content (AvgIpc) is 3.14. The minimum atomic E-state index is 0.457. The molecule has 0 spiro atoms. The molecule has 1 aromatic carbocycles. The molecule has 3 rings (SSSR count). The first-order chi connectivity index (χ1) is 10.2. The van der Waals surface area contributed by atoms with E-state index in [1.165, 1.54) is 0 Å².